The van der Waals surface area contributed by atoms with E-state index < -0.39 is 5.60 Å². The van der Waals surface area contributed by atoms with E-state index in [0.717, 1.165) is 25.0 Å². The second-order valence-corrected chi connectivity index (χ2v) is 7.87. The van der Waals surface area contributed by atoms with E-state index in [9.17, 15) is 9.59 Å². The number of unbranched alkanes of at least 4 members (excludes halogenated alkanes) is 7. The van der Waals surface area contributed by atoms with E-state index in [2.05, 4.69) is 5.32 Å². The summed E-state index contributed by atoms with van der Waals surface area (Å²) in [4.78, 5) is 22.1. The van der Waals surface area contributed by atoms with Crippen LogP contribution in [0.1, 0.15) is 79.1 Å². The Morgan fingerprint density at radius 2 is 1.41 bits per heavy atom. The smallest absolute Gasteiger partial charge is 0.407 e. The number of amides is 1. The topological polar surface area (TPSA) is 55.4 Å². The van der Waals surface area contributed by atoms with Crippen molar-refractivity contribution in [2.75, 3.05) is 12.3 Å². The normalized spacial score (nSPS) is 11.3. The van der Waals surface area contributed by atoms with Crippen molar-refractivity contribution in [3.05, 3.63) is 0 Å². The number of hydrogen-bond donors (Lipinski definition) is 1. The molecule has 0 unspecified atom stereocenters. The van der Waals surface area contributed by atoms with Crippen molar-refractivity contribution in [3.8, 4) is 0 Å². The molecule has 0 aromatic carbocycles. The number of thioether (sulfide) groups is 1. The van der Waals surface area contributed by atoms with Gasteiger partial charge < -0.3 is 10.1 Å². The Bertz CT molecular complexity index is 314. The van der Waals surface area contributed by atoms with Crippen molar-refractivity contribution < 1.29 is 14.3 Å². The number of carbonyl (C=O) groups excluding carboxylic acids is 2. The maximum atomic E-state index is 11.4. The zero-order valence-electron chi connectivity index (χ0n) is 14.7. The van der Waals surface area contributed by atoms with Crippen LogP contribution in [0.3, 0.4) is 0 Å². The lowest BCUT2D eigenvalue weighted by Gasteiger charge is -2.19. The number of nitrogens with one attached hydrogen (secondary N) is 1. The largest absolute Gasteiger partial charge is 0.444 e. The number of hydrogen-bond acceptors (Lipinski definition) is 4. The second-order valence-electron chi connectivity index (χ2n) is 6.60. The molecule has 0 fully saturated rings. The molecule has 1 N–H and O–H groups in total. The summed E-state index contributed by atoms with van der Waals surface area (Å²) in [5.41, 5.74) is -0.424. The van der Waals surface area contributed by atoms with Gasteiger partial charge in [-0.1, -0.05) is 50.3 Å². The van der Waals surface area contributed by atoms with Gasteiger partial charge in [-0.05, 0) is 33.6 Å². The van der Waals surface area contributed by atoms with Gasteiger partial charge in [-0.2, -0.15) is 0 Å². The third kappa shape index (κ3) is 17.3. The van der Waals surface area contributed by atoms with Gasteiger partial charge in [0, 0.05) is 19.2 Å². The summed E-state index contributed by atoms with van der Waals surface area (Å²) in [6.45, 7) is 7.92. The van der Waals surface area contributed by atoms with Gasteiger partial charge in [0.05, 0.1) is 0 Å². The molecule has 0 saturated heterocycles. The maximum Gasteiger partial charge on any atom is 0.407 e. The summed E-state index contributed by atoms with van der Waals surface area (Å²) in [6, 6.07) is 0. The van der Waals surface area contributed by atoms with Gasteiger partial charge >= 0.3 is 6.09 Å². The standard InChI is InChI=1S/C17H33NO3S/c1-15(19)22-14-12-10-8-6-5-7-9-11-13-18-16(20)21-17(2,3)4/h5-14H2,1-4H3,(H,18,20). The highest BCUT2D eigenvalue weighted by Crippen LogP contribution is 2.11. The minimum Gasteiger partial charge on any atom is -0.444 e. The van der Waals surface area contributed by atoms with Gasteiger partial charge in [0.15, 0.2) is 5.12 Å². The highest BCUT2D eigenvalue weighted by atomic mass is 32.2. The molecule has 0 rings (SSSR count). The van der Waals surface area contributed by atoms with Crippen LogP contribution < -0.4 is 5.32 Å². The molecule has 0 aromatic rings. The molecule has 0 aliphatic heterocycles. The SMILES string of the molecule is CC(=O)SCCCCCCCCCCNC(=O)OC(C)(C)C. The summed E-state index contributed by atoms with van der Waals surface area (Å²) in [6.07, 6.45) is 9.20. The Labute approximate surface area is 140 Å². The molecule has 0 aliphatic carbocycles. The molecule has 0 bridgehead atoms. The first-order valence-electron chi connectivity index (χ1n) is 8.41. The predicted molar refractivity (Wildman–Crippen MR) is 94.3 cm³/mol. The minimum absolute atomic E-state index is 0.222. The van der Waals surface area contributed by atoms with Gasteiger partial charge in [0.1, 0.15) is 5.60 Å². The number of rotatable bonds is 11. The van der Waals surface area contributed by atoms with E-state index >= 15 is 0 Å². The molecule has 130 valence electrons. The van der Waals surface area contributed by atoms with Crippen LogP contribution in [-0.2, 0) is 9.53 Å². The zero-order chi connectivity index (χ0) is 16.8. The number of carbonyl (C=O) groups is 2. The Balaban J connectivity index is 3.21. The van der Waals surface area contributed by atoms with E-state index in [1.54, 1.807) is 6.92 Å². The van der Waals surface area contributed by atoms with Crippen LogP contribution in [0.5, 0.6) is 0 Å². The molecule has 4 nitrogen and oxygen atoms in total. The average Bonchev–Trinajstić information content (AvgIpc) is 2.37. The van der Waals surface area contributed by atoms with Crippen LogP contribution in [-0.4, -0.2) is 29.1 Å². The number of alkyl carbamates (subject to hydrolysis) is 1. The zero-order valence-corrected chi connectivity index (χ0v) is 15.5. The molecule has 0 atom stereocenters. The van der Waals surface area contributed by atoms with Crippen LogP contribution in [0.25, 0.3) is 0 Å². The lowest BCUT2D eigenvalue weighted by atomic mass is 10.1. The van der Waals surface area contributed by atoms with Gasteiger partial charge in [0.25, 0.3) is 0 Å². The van der Waals surface area contributed by atoms with E-state index in [0.29, 0.717) is 6.54 Å². The average molecular weight is 332 g/mol. The van der Waals surface area contributed by atoms with Crippen LogP contribution in [0.4, 0.5) is 4.79 Å². The Hall–Kier alpha value is -0.710. The van der Waals surface area contributed by atoms with Gasteiger partial charge in [-0.15, -0.1) is 0 Å². The van der Waals surface area contributed by atoms with E-state index in [4.69, 9.17) is 4.74 Å². The molecule has 1 amide bonds. The van der Waals surface area contributed by atoms with Gasteiger partial charge in [-0.3, -0.25) is 4.79 Å². The third-order valence-electron chi connectivity index (χ3n) is 3.04. The monoisotopic (exact) mass is 331 g/mol. The Kier molecular flexibility index (Phi) is 12.4. The first-order chi connectivity index (χ1) is 10.3. The highest BCUT2D eigenvalue weighted by molar-refractivity contribution is 8.13. The highest BCUT2D eigenvalue weighted by Gasteiger charge is 2.15. The molecule has 0 spiro atoms. The second kappa shape index (κ2) is 12.8. The molecule has 0 aromatic heterocycles. The molecule has 0 heterocycles. The third-order valence-corrected chi connectivity index (χ3v) is 3.94. The number of ether oxygens (including phenoxy) is 1. The van der Waals surface area contributed by atoms with E-state index in [-0.39, 0.29) is 11.2 Å². The molecule has 22 heavy (non-hydrogen) atoms. The molecular formula is C17H33NO3S. The van der Waals surface area contributed by atoms with Crippen molar-refractivity contribution >= 4 is 23.0 Å². The Morgan fingerprint density at radius 1 is 0.909 bits per heavy atom. The molecular weight excluding hydrogens is 298 g/mol. The summed E-state index contributed by atoms with van der Waals surface area (Å²) in [7, 11) is 0. The predicted octanol–water partition coefficient (Wildman–Crippen LogP) is 4.91. The Morgan fingerprint density at radius 3 is 1.91 bits per heavy atom. The summed E-state index contributed by atoms with van der Waals surface area (Å²) < 4.78 is 5.17. The van der Waals surface area contributed by atoms with Crippen LogP contribution >= 0.6 is 11.8 Å². The lowest BCUT2D eigenvalue weighted by Crippen LogP contribution is -2.32. The van der Waals surface area contributed by atoms with Crippen molar-refractivity contribution in [1.82, 2.24) is 5.32 Å². The van der Waals surface area contributed by atoms with Gasteiger partial charge in [-0.25, -0.2) is 4.79 Å². The van der Waals surface area contributed by atoms with Crippen molar-refractivity contribution in [2.24, 2.45) is 0 Å². The fourth-order valence-corrected chi connectivity index (χ4v) is 2.64. The van der Waals surface area contributed by atoms with Crippen LogP contribution in [0.2, 0.25) is 0 Å². The first-order valence-corrected chi connectivity index (χ1v) is 9.40. The summed E-state index contributed by atoms with van der Waals surface area (Å²) in [5, 5.41) is 3.00. The minimum atomic E-state index is -0.424. The van der Waals surface area contributed by atoms with Crippen molar-refractivity contribution in [3.63, 3.8) is 0 Å². The summed E-state index contributed by atoms with van der Waals surface area (Å²) >= 11 is 1.43. The fraction of sp³-hybridized carbons (Fsp3) is 0.882. The van der Waals surface area contributed by atoms with Crippen molar-refractivity contribution in [2.45, 2.75) is 84.7 Å². The first kappa shape index (κ1) is 21.3. The van der Waals surface area contributed by atoms with Crippen molar-refractivity contribution in [1.29, 1.82) is 0 Å². The van der Waals surface area contributed by atoms with E-state index in [1.807, 2.05) is 20.8 Å². The lowest BCUT2D eigenvalue weighted by molar-refractivity contribution is -0.109. The fourth-order valence-electron chi connectivity index (χ4n) is 2.01. The molecule has 0 radical (unpaired) electrons. The van der Waals surface area contributed by atoms with Gasteiger partial charge in [0.2, 0.25) is 0 Å². The van der Waals surface area contributed by atoms with Crippen LogP contribution in [0.15, 0.2) is 0 Å². The quantitative estimate of drug-likeness (QED) is 0.546. The van der Waals surface area contributed by atoms with E-state index in [1.165, 1.54) is 43.9 Å². The molecule has 0 saturated carbocycles. The summed E-state index contributed by atoms with van der Waals surface area (Å²) in [5.74, 6) is 0.964. The maximum absolute atomic E-state index is 11.4. The molecule has 5 heteroatoms. The van der Waals surface area contributed by atoms with Crippen LogP contribution in [0, 0.1) is 0 Å². The molecule has 0 aliphatic rings.